The molecule has 1 aliphatic rings. The molecule has 0 aromatic heterocycles. The molecule has 0 amide bonds. The van der Waals surface area contributed by atoms with Gasteiger partial charge in [0.1, 0.15) is 5.82 Å². The fraction of sp³-hybridized carbons (Fsp3) is 0.571. The van der Waals surface area contributed by atoms with E-state index in [0.717, 1.165) is 29.4 Å². The number of likely N-dealkylation sites (tertiary alicyclic amines) is 1. The number of hydrogen-bond acceptors (Lipinski definition) is 3. The number of hydrogen-bond donors (Lipinski definition) is 1. The average Bonchev–Trinajstić information content (AvgIpc) is 2.76. The van der Waals surface area contributed by atoms with Crippen molar-refractivity contribution in [2.45, 2.75) is 25.0 Å². The SMILES string of the molecule is COC[C@@H](O)CN1CCC[C@@H]1c1cc(F)cc(Br)c1. The smallest absolute Gasteiger partial charge is 0.124 e. The van der Waals surface area contributed by atoms with Gasteiger partial charge in [-0.2, -0.15) is 0 Å². The number of aliphatic hydroxyl groups excluding tert-OH is 1. The third-order valence-electron chi connectivity index (χ3n) is 3.44. The Balaban J connectivity index is 2.09. The van der Waals surface area contributed by atoms with Gasteiger partial charge in [0.25, 0.3) is 0 Å². The van der Waals surface area contributed by atoms with Crippen LogP contribution < -0.4 is 0 Å². The molecule has 1 saturated heterocycles. The summed E-state index contributed by atoms with van der Waals surface area (Å²) < 4.78 is 19.2. The van der Waals surface area contributed by atoms with Crippen LogP contribution in [0.5, 0.6) is 0 Å². The Morgan fingerprint density at radius 1 is 1.53 bits per heavy atom. The average molecular weight is 332 g/mol. The Hall–Kier alpha value is -0.490. The maximum absolute atomic E-state index is 13.5. The highest BCUT2D eigenvalue weighted by Crippen LogP contribution is 2.33. The summed E-state index contributed by atoms with van der Waals surface area (Å²) in [6.07, 6.45) is 1.57. The van der Waals surface area contributed by atoms with Gasteiger partial charge in [-0.05, 0) is 43.1 Å². The van der Waals surface area contributed by atoms with Crippen molar-refractivity contribution in [1.82, 2.24) is 4.90 Å². The predicted octanol–water partition coefficient (Wildman–Crippen LogP) is 2.73. The van der Waals surface area contributed by atoms with Gasteiger partial charge in [0, 0.05) is 24.2 Å². The molecule has 0 saturated carbocycles. The van der Waals surface area contributed by atoms with Crippen LogP contribution in [-0.2, 0) is 4.74 Å². The Morgan fingerprint density at radius 2 is 2.32 bits per heavy atom. The quantitative estimate of drug-likeness (QED) is 0.900. The number of β-amino-alcohol motifs (C(OH)–C–C–N with tert-alkyl or cyclic N) is 1. The third-order valence-corrected chi connectivity index (χ3v) is 3.90. The summed E-state index contributed by atoms with van der Waals surface area (Å²) in [4.78, 5) is 2.20. The minimum Gasteiger partial charge on any atom is -0.389 e. The molecule has 1 aromatic rings. The highest BCUT2D eigenvalue weighted by atomic mass is 79.9. The van der Waals surface area contributed by atoms with Gasteiger partial charge in [-0.25, -0.2) is 4.39 Å². The maximum Gasteiger partial charge on any atom is 0.124 e. The molecule has 1 heterocycles. The Kier molecular flexibility index (Phi) is 5.33. The van der Waals surface area contributed by atoms with Crippen molar-refractivity contribution in [3.05, 3.63) is 34.1 Å². The zero-order valence-corrected chi connectivity index (χ0v) is 12.6. The lowest BCUT2D eigenvalue weighted by atomic mass is 10.0. The first-order chi connectivity index (χ1) is 9.10. The van der Waals surface area contributed by atoms with E-state index >= 15 is 0 Å². The molecule has 0 aliphatic carbocycles. The molecule has 1 N–H and O–H groups in total. The summed E-state index contributed by atoms with van der Waals surface area (Å²) in [5.41, 5.74) is 0.967. The second-order valence-electron chi connectivity index (χ2n) is 4.96. The van der Waals surface area contributed by atoms with Gasteiger partial charge in [-0.1, -0.05) is 15.9 Å². The molecule has 1 aromatic carbocycles. The lowest BCUT2D eigenvalue weighted by Crippen LogP contribution is -2.34. The molecule has 2 rings (SSSR count). The van der Waals surface area contributed by atoms with Gasteiger partial charge >= 0.3 is 0 Å². The molecule has 1 aliphatic heterocycles. The molecule has 0 unspecified atom stereocenters. The standard InChI is InChI=1S/C14H19BrFNO2/c1-19-9-13(18)8-17-4-2-3-14(17)10-5-11(15)7-12(16)6-10/h5-7,13-14,18H,2-4,8-9H2,1H3/t13-,14+/m0/s1. The number of aliphatic hydroxyl groups is 1. The van der Waals surface area contributed by atoms with Crippen LogP contribution in [0.15, 0.2) is 22.7 Å². The van der Waals surface area contributed by atoms with E-state index in [1.54, 1.807) is 13.2 Å². The molecule has 106 valence electrons. The van der Waals surface area contributed by atoms with Crippen LogP contribution >= 0.6 is 15.9 Å². The maximum atomic E-state index is 13.5. The first kappa shape index (κ1) is 14.9. The monoisotopic (exact) mass is 331 g/mol. The number of nitrogens with zero attached hydrogens (tertiary/aromatic N) is 1. The second kappa shape index (κ2) is 6.79. The number of methoxy groups -OCH3 is 1. The van der Waals surface area contributed by atoms with Crippen LogP contribution in [-0.4, -0.2) is 42.9 Å². The van der Waals surface area contributed by atoms with Crippen LogP contribution in [0.3, 0.4) is 0 Å². The normalized spacial score (nSPS) is 21.8. The van der Waals surface area contributed by atoms with E-state index in [4.69, 9.17) is 4.74 Å². The lowest BCUT2D eigenvalue weighted by molar-refractivity contribution is 0.0346. The molecular weight excluding hydrogens is 313 g/mol. The summed E-state index contributed by atoms with van der Waals surface area (Å²) in [6.45, 7) is 1.82. The van der Waals surface area contributed by atoms with E-state index in [1.807, 2.05) is 6.07 Å². The highest BCUT2D eigenvalue weighted by molar-refractivity contribution is 9.10. The van der Waals surface area contributed by atoms with Gasteiger partial charge in [-0.15, -0.1) is 0 Å². The minimum atomic E-state index is -0.498. The van der Waals surface area contributed by atoms with Crippen LogP contribution in [0.2, 0.25) is 0 Å². The van der Waals surface area contributed by atoms with Crippen LogP contribution in [0.4, 0.5) is 4.39 Å². The second-order valence-corrected chi connectivity index (χ2v) is 5.88. The fourth-order valence-electron chi connectivity index (χ4n) is 2.71. The zero-order valence-electron chi connectivity index (χ0n) is 11.0. The van der Waals surface area contributed by atoms with E-state index in [-0.39, 0.29) is 11.9 Å². The first-order valence-corrected chi connectivity index (χ1v) is 7.26. The van der Waals surface area contributed by atoms with E-state index in [0.29, 0.717) is 13.2 Å². The number of ether oxygens (including phenoxy) is 1. The van der Waals surface area contributed by atoms with Crippen LogP contribution in [0, 0.1) is 5.82 Å². The summed E-state index contributed by atoms with van der Waals surface area (Å²) >= 11 is 3.33. The largest absolute Gasteiger partial charge is 0.389 e. The Morgan fingerprint density at radius 3 is 3.00 bits per heavy atom. The van der Waals surface area contributed by atoms with Gasteiger partial charge in [0.15, 0.2) is 0 Å². The molecule has 19 heavy (non-hydrogen) atoms. The van der Waals surface area contributed by atoms with E-state index in [2.05, 4.69) is 20.8 Å². The highest BCUT2D eigenvalue weighted by Gasteiger charge is 2.28. The van der Waals surface area contributed by atoms with Gasteiger partial charge in [0.05, 0.1) is 12.7 Å². The van der Waals surface area contributed by atoms with Crippen molar-refractivity contribution >= 4 is 15.9 Å². The topological polar surface area (TPSA) is 32.7 Å². The van der Waals surface area contributed by atoms with Crippen molar-refractivity contribution in [3.8, 4) is 0 Å². The van der Waals surface area contributed by atoms with Crippen molar-refractivity contribution in [1.29, 1.82) is 0 Å². The third kappa shape index (κ3) is 3.99. The lowest BCUT2D eigenvalue weighted by Gasteiger charge is -2.27. The molecule has 3 nitrogen and oxygen atoms in total. The zero-order chi connectivity index (χ0) is 13.8. The Bertz CT molecular complexity index is 410. The molecule has 0 spiro atoms. The molecule has 1 fully saturated rings. The van der Waals surface area contributed by atoms with Crippen LogP contribution in [0.25, 0.3) is 0 Å². The molecular formula is C14H19BrFNO2. The number of rotatable bonds is 5. The fourth-order valence-corrected chi connectivity index (χ4v) is 3.19. The number of halogens is 2. The van der Waals surface area contributed by atoms with E-state index in [9.17, 15) is 9.50 Å². The van der Waals surface area contributed by atoms with Gasteiger partial charge in [-0.3, -0.25) is 4.90 Å². The van der Waals surface area contributed by atoms with Crippen LogP contribution in [0.1, 0.15) is 24.4 Å². The van der Waals surface area contributed by atoms with Crippen molar-refractivity contribution in [3.63, 3.8) is 0 Å². The molecule has 0 bridgehead atoms. The van der Waals surface area contributed by atoms with Crippen molar-refractivity contribution in [2.75, 3.05) is 26.8 Å². The van der Waals surface area contributed by atoms with Gasteiger partial charge < -0.3 is 9.84 Å². The predicted molar refractivity (Wildman–Crippen MR) is 75.5 cm³/mol. The van der Waals surface area contributed by atoms with Crippen molar-refractivity contribution < 1.29 is 14.2 Å². The summed E-state index contributed by atoms with van der Waals surface area (Å²) in [7, 11) is 1.58. The minimum absolute atomic E-state index is 0.179. The van der Waals surface area contributed by atoms with Crippen molar-refractivity contribution in [2.24, 2.45) is 0 Å². The van der Waals surface area contributed by atoms with E-state index in [1.165, 1.54) is 6.07 Å². The first-order valence-electron chi connectivity index (χ1n) is 6.47. The number of benzene rings is 1. The molecule has 0 radical (unpaired) electrons. The van der Waals surface area contributed by atoms with E-state index < -0.39 is 6.10 Å². The molecule has 5 heteroatoms. The van der Waals surface area contributed by atoms with Gasteiger partial charge in [0.2, 0.25) is 0 Å². The molecule has 2 atom stereocenters. The summed E-state index contributed by atoms with van der Waals surface area (Å²) in [5.74, 6) is -0.228. The summed E-state index contributed by atoms with van der Waals surface area (Å²) in [5, 5.41) is 9.83. The Labute approximate surface area is 121 Å². The summed E-state index contributed by atoms with van der Waals surface area (Å²) in [6, 6.07) is 5.17.